The van der Waals surface area contributed by atoms with Crippen molar-refractivity contribution in [3.8, 4) is 5.75 Å². The molecule has 1 aromatic carbocycles. The number of fused-ring (bicyclic) bond motifs is 1. The van der Waals surface area contributed by atoms with E-state index < -0.39 is 6.09 Å². The summed E-state index contributed by atoms with van der Waals surface area (Å²) in [5.74, 6) is 0.269. The highest BCUT2D eigenvalue weighted by Gasteiger charge is 2.26. The maximum absolute atomic E-state index is 12.0. The number of anilines is 1. The van der Waals surface area contributed by atoms with Gasteiger partial charge in [-0.1, -0.05) is 18.2 Å². The normalized spacial score (nSPS) is 13.3. The molecule has 1 aliphatic heterocycles. The lowest BCUT2D eigenvalue weighted by molar-refractivity contribution is -0.117. The summed E-state index contributed by atoms with van der Waals surface area (Å²) in [7, 11) is 0. The zero-order valence-electron chi connectivity index (χ0n) is 11.2. The van der Waals surface area contributed by atoms with E-state index in [0.717, 1.165) is 5.56 Å². The van der Waals surface area contributed by atoms with E-state index >= 15 is 0 Å². The number of rotatable bonds is 3. The van der Waals surface area contributed by atoms with Crippen LogP contribution in [0.2, 0.25) is 0 Å². The molecule has 1 aliphatic rings. The van der Waals surface area contributed by atoms with Gasteiger partial charge >= 0.3 is 6.09 Å². The Hall–Kier alpha value is -2.89. The molecule has 21 heavy (non-hydrogen) atoms. The monoisotopic (exact) mass is 283 g/mol. The highest BCUT2D eigenvalue weighted by molar-refractivity contribution is 5.94. The van der Waals surface area contributed by atoms with Crippen molar-refractivity contribution in [3.63, 3.8) is 0 Å². The summed E-state index contributed by atoms with van der Waals surface area (Å²) >= 11 is 0. The molecule has 0 unspecified atom stereocenters. The van der Waals surface area contributed by atoms with Crippen LogP contribution in [-0.4, -0.2) is 28.4 Å². The Labute approximate surface area is 121 Å². The molecule has 6 heteroatoms. The Morgan fingerprint density at radius 3 is 2.81 bits per heavy atom. The summed E-state index contributed by atoms with van der Waals surface area (Å²) in [6, 6.07) is 10.6. The van der Waals surface area contributed by atoms with Crippen molar-refractivity contribution >= 4 is 17.7 Å². The van der Waals surface area contributed by atoms with Crippen molar-refractivity contribution in [1.82, 2.24) is 9.88 Å². The molecule has 0 aliphatic carbocycles. The van der Waals surface area contributed by atoms with Crippen molar-refractivity contribution < 1.29 is 14.3 Å². The molecule has 1 N–H and O–H groups in total. The first kappa shape index (κ1) is 13.1. The maximum Gasteiger partial charge on any atom is 0.416 e. The first-order chi connectivity index (χ1) is 10.2. The average Bonchev–Trinajstić information content (AvgIpc) is 2.49. The third-order valence-corrected chi connectivity index (χ3v) is 3.09. The Morgan fingerprint density at radius 2 is 2.00 bits per heavy atom. The topological polar surface area (TPSA) is 71.5 Å². The number of nitrogens with one attached hydrogen (secondary N) is 1. The van der Waals surface area contributed by atoms with Gasteiger partial charge in [-0.3, -0.25) is 14.7 Å². The summed E-state index contributed by atoms with van der Waals surface area (Å²) in [6.45, 7) is 0.300. The van der Waals surface area contributed by atoms with Gasteiger partial charge in [0.05, 0.1) is 6.54 Å². The summed E-state index contributed by atoms with van der Waals surface area (Å²) in [4.78, 5) is 29.0. The van der Waals surface area contributed by atoms with E-state index in [4.69, 9.17) is 4.74 Å². The fraction of sp³-hybridized carbons (Fsp3) is 0.133. The smallest absolute Gasteiger partial charge is 0.410 e. The standard InChI is InChI=1S/C15H13N3O3/c19-14(17-12-5-7-16-8-6-12)10-18-9-11-3-1-2-4-13(11)21-15(18)20/h1-8H,9-10H2,(H,16,17,19). The van der Waals surface area contributed by atoms with E-state index in [0.29, 0.717) is 18.0 Å². The molecule has 0 bridgehead atoms. The van der Waals surface area contributed by atoms with Gasteiger partial charge in [0, 0.05) is 23.6 Å². The van der Waals surface area contributed by atoms with Crippen LogP contribution in [0.3, 0.4) is 0 Å². The summed E-state index contributed by atoms with van der Waals surface area (Å²) in [5.41, 5.74) is 1.52. The minimum absolute atomic E-state index is 0.0600. The molecule has 0 saturated carbocycles. The first-order valence-corrected chi connectivity index (χ1v) is 6.47. The Morgan fingerprint density at radius 1 is 1.24 bits per heavy atom. The Kier molecular flexibility index (Phi) is 3.51. The predicted molar refractivity (Wildman–Crippen MR) is 75.7 cm³/mol. The highest BCUT2D eigenvalue weighted by atomic mass is 16.6. The number of carbonyl (C=O) groups excluding carboxylic acids is 2. The molecule has 6 nitrogen and oxygen atoms in total. The molecule has 2 heterocycles. The number of pyridine rings is 1. The number of nitrogens with zero attached hydrogens (tertiary/aromatic N) is 2. The quantitative estimate of drug-likeness (QED) is 0.935. The zero-order chi connectivity index (χ0) is 14.7. The Balaban J connectivity index is 1.65. The van der Waals surface area contributed by atoms with Crippen LogP contribution < -0.4 is 10.1 Å². The van der Waals surface area contributed by atoms with Crippen molar-refractivity contribution in [2.24, 2.45) is 0 Å². The Bertz CT molecular complexity index is 673. The van der Waals surface area contributed by atoms with Crippen LogP contribution in [0.1, 0.15) is 5.56 Å². The molecule has 106 valence electrons. The largest absolute Gasteiger partial charge is 0.416 e. The van der Waals surface area contributed by atoms with Crippen LogP contribution in [0, 0.1) is 0 Å². The molecule has 2 amide bonds. The van der Waals surface area contributed by atoms with E-state index in [9.17, 15) is 9.59 Å². The molecule has 0 spiro atoms. The molecular weight excluding hydrogens is 270 g/mol. The molecule has 0 atom stereocenters. The summed E-state index contributed by atoms with van der Waals surface area (Å²) < 4.78 is 5.19. The lowest BCUT2D eigenvalue weighted by atomic mass is 10.1. The minimum atomic E-state index is -0.515. The maximum atomic E-state index is 12.0. The van der Waals surface area contributed by atoms with E-state index in [1.54, 1.807) is 36.7 Å². The molecule has 0 radical (unpaired) electrons. The molecule has 1 aromatic heterocycles. The number of amides is 2. The van der Waals surface area contributed by atoms with Crippen LogP contribution in [-0.2, 0) is 11.3 Å². The van der Waals surface area contributed by atoms with Crippen LogP contribution in [0.5, 0.6) is 5.75 Å². The summed E-state index contributed by atoms with van der Waals surface area (Å²) in [5, 5.41) is 2.71. The van der Waals surface area contributed by atoms with Crippen LogP contribution >= 0.6 is 0 Å². The van der Waals surface area contributed by atoms with E-state index in [1.807, 2.05) is 12.1 Å². The lowest BCUT2D eigenvalue weighted by Gasteiger charge is -2.27. The average molecular weight is 283 g/mol. The number of para-hydroxylation sites is 1. The molecule has 2 aromatic rings. The highest BCUT2D eigenvalue weighted by Crippen LogP contribution is 2.25. The fourth-order valence-corrected chi connectivity index (χ4v) is 2.09. The molecule has 3 rings (SSSR count). The lowest BCUT2D eigenvalue weighted by Crippen LogP contribution is -2.41. The number of hydrogen-bond acceptors (Lipinski definition) is 4. The van der Waals surface area contributed by atoms with E-state index in [1.165, 1.54) is 4.90 Å². The number of hydrogen-bond donors (Lipinski definition) is 1. The van der Waals surface area contributed by atoms with Crippen LogP contribution in [0.25, 0.3) is 0 Å². The molecule has 0 fully saturated rings. The van der Waals surface area contributed by atoms with Gasteiger partial charge in [-0.05, 0) is 18.2 Å². The number of carbonyl (C=O) groups is 2. The van der Waals surface area contributed by atoms with Crippen molar-refractivity contribution in [3.05, 3.63) is 54.4 Å². The second kappa shape index (κ2) is 5.62. The number of benzene rings is 1. The predicted octanol–water partition coefficient (Wildman–Crippen LogP) is 2.03. The van der Waals surface area contributed by atoms with E-state index in [2.05, 4.69) is 10.3 Å². The van der Waals surface area contributed by atoms with Gasteiger partial charge in [0.15, 0.2) is 0 Å². The SMILES string of the molecule is O=C(CN1Cc2ccccc2OC1=O)Nc1ccncc1. The van der Waals surface area contributed by atoms with Gasteiger partial charge in [-0.2, -0.15) is 0 Å². The fourth-order valence-electron chi connectivity index (χ4n) is 2.09. The first-order valence-electron chi connectivity index (χ1n) is 6.47. The van der Waals surface area contributed by atoms with Crippen molar-refractivity contribution in [2.45, 2.75) is 6.54 Å². The van der Waals surface area contributed by atoms with Crippen molar-refractivity contribution in [1.29, 1.82) is 0 Å². The van der Waals surface area contributed by atoms with Gasteiger partial charge < -0.3 is 10.1 Å². The van der Waals surface area contributed by atoms with Gasteiger partial charge in [-0.15, -0.1) is 0 Å². The van der Waals surface area contributed by atoms with E-state index in [-0.39, 0.29) is 12.5 Å². The van der Waals surface area contributed by atoms with Gasteiger partial charge in [0.2, 0.25) is 5.91 Å². The van der Waals surface area contributed by atoms with Crippen LogP contribution in [0.4, 0.5) is 10.5 Å². The van der Waals surface area contributed by atoms with Crippen LogP contribution in [0.15, 0.2) is 48.8 Å². The zero-order valence-corrected chi connectivity index (χ0v) is 11.2. The second-order valence-electron chi connectivity index (χ2n) is 4.62. The van der Waals surface area contributed by atoms with Gasteiger partial charge in [0.1, 0.15) is 12.3 Å². The molecule has 0 saturated heterocycles. The summed E-state index contributed by atoms with van der Waals surface area (Å²) in [6.07, 6.45) is 2.65. The van der Waals surface area contributed by atoms with Crippen molar-refractivity contribution in [2.75, 3.05) is 11.9 Å². The second-order valence-corrected chi connectivity index (χ2v) is 4.62. The third-order valence-electron chi connectivity index (χ3n) is 3.09. The number of aromatic nitrogens is 1. The minimum Gasteiger partial charge on any atom is -0.410 e. The molecular formula is C15H13N3O3. The van der Waals surface area contributed by atoms with Gasteiger partial charge in [-0.25, -0.2) is 4.79 Å². The van der Waals surface area contributed by atoms with Gasteiger partial charge in [0.25, 0.3) is 0 Å². The third kappa shape index (κ3) is 3.00. The number of ether oxygens (including phenoxy) is 1.